The Morgan fingerprint density at radius 2 is 1.42 bits per heavy atom. The number of nitrogens with zero attached hydrogens (tertiary/aromatic N) is 1. The van der Waals surface area contributed by atoms with Gasteiger partial charge in [0.1, 0.15) is 11.4 Å². The van der Waals surface area contributed by atoms with Gasteiger partial charge in [0.25, 0.3) is 0 Å². The summed E-state index contributed by atoms with van der Waals surface area (Å²) in [5, 5.41) is 9.58. The first-order valence-corrected chi connectivity index (χ1v) is 8.38. The van der Waals surface area contributed by atoms with Crippen molar-refractivity contribution in [3.63, 3.8) is 0 Å². The first kappa shape index (κ1) is 15.9. The van der Waals surface area contributed by atoms with E-state index < -0.39 is 0 Å². The van der Waals surface area contributed by atoms with Crippen molar-refractivity contribution >= 4 is 12.2 Å². The monoisotopic (exact) mass is 339 g/mol. The fourth-order valence-corrected chi connectivity index (χ4v) is 2.78. The van der Waals surface area contributed by atoms with Gasteiger partial charge in [-0.1, -0.05) is 72.8 Å². The van der Waals surface area contributed by atoms with Crippen molar-refractivity contribution in [2.45, 2.75) is 0 Å². The van der Waals surface area contributed by atoms with Crippen molar-refractivity contribution in [2.24, 2.45) is 0 Å². The van der Waals surface area contributed by atoms with E-state index in [1.807, 2.05) is 78.9 Å². The van der Waals surface area contributed by atoms with Crippen LogP contribution >= 0.6 is 0 Å². The lowest BCUT2D eigenvalue weighted by atomic mass is 10.1. The summed E-state index contributed by atoms with van der Waals surface area (Å²) in [6, 6.07) is 27.0. The summed E-state index contributed by atoms with van der Waals surface area (Å²) in [6.07, 6.45) is 3.68. The predicted molar refractivity (Wildman–Crippen MR) is 104 cm³/mol. The lowest BCUT2D eigenvalue weighted by molar-refractivity contribution is 0.475. The number of rotatable bonds is 4. The summed E-state index contributed by atoms with van der Waals surface area (Å²) in [5.41, 5.74) is 3.68. The maximum absolute atomic E-state index is 9.58. The largest absolute Gasteiger partial charge is 0.508 e. The molecule has 0 saturated heterocycles. The van der Waals surface area contributed by atoms with Crippen LogP contribution in [-0.4, -0.2) is 10.1 Å². The van der Waals surface area contributed by atoms with E-state index in [4.69, 9.17) is 4.42 Å². The molecule has 126 valence electrons. The molecule has 26 heavy (non-hydrogen) atoms. The zero-order chi connectivity index (χ0) is 17.8. The third-order valence-corrected chi connectivity index (χ3v) is 4.02. The van der Waals surface area contributed by atoms with E-state index >= 15 is 0 Å². The number of oxazole rings is 1. The van der Waals surface area contributed by atoms with Crippen molar-refractivity contribution in [3.8, 4) is 28.3 Å². The van der Waals surface area contributed by atoms with E-state index in [0.29, 0.717) is 5.89 Å². The van der Waals surface area contributed by atoms with Gasteiger partial charge >= 0.3 is 0 Å². The molecule has 0 amide bonds. The van der Waals surface area contributed by atoms with E-state index in [2.05, 4.69) is 4.98 Å². The van der Waals surface area contributed by atoms with Crippen LogP contribution in [0, 0.1) is 0 Å². The van der Waals surface area contributed by atoms with Gasteiger partial charge in [0, 0.05) is 17.2 Å². The fourth-order valence-electron chi connectivity index (χ4n) is 2.78. The Morgan fingerprint density at radius 1 is 0.731 bits per heavy atom. The molecule has 1 heterocycles. The van der Waals surface area contributed by atoms with Gasteiger partial charge in [-0.05, 0) is 23.8 Å². The highest BCUT2D eigenvalue weighted by Gasteiger charge is 2.15. The van der Waals surface area contributed by atoms with Crippen molar-refractivity contribution in [3.05, 3.63) is 96.4 Å². The summed E-state index contributed by atoms with van der Waals surface area (Å²) >= 11 is 0. The molecule has 4 rings (SSSR count). The van der Waals surface area contributed by atoms with E-state index in [9.17, 15) is 5.11 Å². The van der Waals surface area contributed by atoms with Crippen molar-refractivity contribution in [1.29, 1.82) is 0 Å². The normalized spacial score (nSPS) is 11.1. The maximum atomic E-state index is 9.58. The van der Waals surface area contributed by atoms with Gasteiger partial charge in [0.15, 0.2) is 5.76 Å². The van der Waals surface area contributed by atoms with E-state index in [-0.39, 0.29) is 5.75 Å². The van der Waals surface area contributed by atoms with Crippen LogP contribution in [-0.2, 0) is 0 Å². The summed E-state index contributed by atoms with van der Waals surface area (Å²) < 4.78 is 6.05. The summed E-state index contributed by atoms with van der Waals surface area (Å²) in [7, 11) is 0. The lowest BCUT2D eigenvalue weighted by Crippen LogP contribution is -1.81. The molecule has 0 atom stereocenters. The van der Waals surface area contributed by atoms with Crippen LogP contribution in [0.1, 0.15) is 11.5 Å². The molecule has 3 nitrogen and oxygen atoms in total. The second-order valence-corrected chi connectivity index (χ2v) is 5.89. The molecule has 1 N–H and O–H groups in total. The van der Waals surface area contributed by atoms with Crippen molar-refractivity contribution in [1.82, 2.24) is 4.98 Å². The molecule has 1 aromatic heterocycles. The Morgan fingerprint density at radius 3 is 2.12 bits per heavy atom. The van der Waals surface area contributed by atoms with Crippen LogP contribution in [0.5, 0.6) is 5.75 Å². The van der Waals surface area contributed by atoms with Gasteiger partial charge in [0.2, 0.25) is 5.89 Å². The number of phenolic OH excluding ortho intramolecular Hbond substituents is 1. The minimum atomic E-state index is 0.231. The first-order valence-electron chi connectivity index (χ1n) is 8.38. The van der Waals surface area contributed by atoms with Crippen LogP contribution in [0.25, 0.3) is 34.7 Å². The van der Waals surface area contributed by atoms with Crippen LogP contribution in [0.15, 0.2) is 89.3 Å². The average Bonchev–Trinajstić information content (AvgIpc) is 3.12. The molecule has 0 aliphatic rings. The molecule has 0 saturated carbocycles. The molecule has 3 aromatic carbocycles. The predicted octanol–water partition coefficient (Wildman–Crippen LogP) is 5.88. The molecule has 0 aliphatic heterocycles. The molecule has 0 spiro atoms. The third-order valence-electron chi connectivity index (χ3n) is 4.02. The number of aromatic nitrogens is 1. The van der Waals surface area contributed by atoms with Crippen molar-refractivity contribution < 1.29 is 9.52 Å². The number of benzene rings is 3. The Balaban J connectivity index is 1.76. The van der Waals surface area contributed by atoms with Gasteiger partial charge < -0.3 is 9.52 Å². The van der Waals surface area contributed by atoms with E-state index in [1.54, 1.807) is 18.2 Å². The first-order chi connectivity index (χ1) is 12.8. The molecule has 0 radical (unpaired) electrons. The average molecular weight is 339 g/mol. The highest BCUT2D eigenvalue weighted by molar-refractivity contribution is 5.78. The summed E-state index contributed by atoms with van der Waals surface area (Å²) in [5.74, 6) is 1.49. The number of hydrogen-bond acceptors (Lipinski definition) is 3. The quantitative estimate of drug-likeness (QED) is 0.504. The molecular weight excluding hydrogens is 322 g/mol. The van der Waals surface area contributed by atoms with Crippen LogP contribution in [0.2, 0.25) is 0 Å². The highest BCUT2D eigenvalue weighted by Crippen LogP contribution is 2.33. The van der Waals surface area contributed by atoms with Crippen molar-refractivity contribution in [2.75, 3.05) is 0 Å². The Bertz CT molecular complexity index is 977. The van der Waals surface area contributed by atoms with Gasteiger partial charge in [-0.25, -0.2) is 4.98 Å². The molecule has 0 unspecified atom stereocenters. The zero-order valence-electron chi connectivity index (χ0n) is 14.0. The number of hydrogen-bond donors (Lipinski definition) is 1. The van der Waals surface area contributed by atoms with Gasteiger partial charge in [-0.2, -0.15) is 0 Å². The molecule has 0 fully saturated rings. The van der Waals surface area contributed by atoms with Crippen LogP contribution in [0.4, 0.5) is 0 Å². The lowest BCUT2D eigenvalue weighted by Gasteiger charge is -2.00. The topological polar surface area (TPSA) is 46.3 Å². The SMILES string of the molecule is Oc1cccc(C=Cc2nc(-c3ccccc3)c(-c3ccccc3)o2)c1. The zero-order valence-corrected chi connectivity index (χ0v) is 14.0. The molecule has 4 aromatic rings. The molecule has 3 heteroatoms. The minimum absolute atomic E-state index is 0.231. The molecular formula is C23H17NO2. The molecule has 0 aliphatic carbocycles. The Hall–Kier alpha value is -3.59. The third kappa shape index (κ3) is 3.42. The molecule has 0 bridgehead atoms. The standard InChI is InChI=1S/C23H17NO2/c25-20-13-7-8-17(16-20)14-15-21-24-22(18-9-3-1-4-10-18)23(26-21)19-11-5-2-6-12-19/h1-16,25H. The van der Waals surface area contributed by atoms with Gasteiger partial charge in [0.05, 0.1) is 0 Å². The highest BCUT2D eigenvalue weighted by atomic mass is 16.4. The smallest absolute Gasteiger partial charge is 0.220 e. The Kier molecular flexibility index (Phi) is 4.35. The maximum Gasteiger partial charge on any atom is 0.220 e. The van der Waals surface area contributed by atoms with Crippen LogP contribution < -0.4 is 0 Å². The van der Waals surface area contributed by atoms with E-state index in [0.717, 1.165) is 28.1 Å². The van der Waals surface area contributed by atoms with E-state index in [1.165, 1.54) is 0 Å². The van der Waals surface area contributed by atoms with Gasteiger partial charge in [-0.3, -0.25) is 0 Å². The summed E-state index contributed by atoms with van der Waals surface area (Å²) in [4.78, 5) is 4.68. The minimum Gasteiger partial charge on any atom is -0.508 e. The fraction of sp³-hybridized carbons (Fsp3) is 0. The number of phenols is 1. The van der Waals surface area contributed by atoms with Crippen LogP contribution in [0.3, 0.4) is 0 Å². The van der Waals surface area contributed by atoms with Gasteiger partial charge in [-0.15, -0.1) is 0 Å². The Labute approximate surface area is 151 Å². The second-order valence-electron chi connectivity index (χ2n) is 5.89. The number of aromatic hydroxyl groups is 1. The second kappa shape index (κ2) is 7.11. The summed E-state index contributed by atoms with van der Waals surface area (Å²) in [6.45, 7) is 0.